The van der Waals surface area contributed by atoms with Crippen LogP contribution in [0.1, 0.15) is 44.5 Å². The Kier molecular flexibility index (Phi) is 8.82. The molecule has 41 heavy (non-hydrogen) atoms. The van der Waals surface area contributed by atoms with Crippen molar-refractivity contribution in [2.75, 3.05) is 34.4 Å². The SMILES string of the molecule is COC(=O)c1nc(C#CCN2CCc3cc(OC)c(OC)cc3C2c2ccccc2)ccc1OCc1ccccc1. The Hall–Kier alpha value is -4.80. The first-order valence-corrected chi connectivity index (χ1v) is 13.4. The molecule has 5 rings (SSSR count). The number of aromatic nitrogens is 1. The summed E-state index contributed by atoms with van der Waals surface area (Å²) in [6, 6.07) is 27.7. The van der Waals surface area contributed by atoms with Crippen molar-refractivity contribution < 1.29 is 23.7 Å². The highest BCUT2D eigenvalue weighted by atomic mass is 16.5. The molecular formula is C34H32N2O5. The molecule has 7 heteroatoms. The fraction of sp³-hybridized carbons (Fsp3) is 0.235. The molecule has 0 aliphatic carbocycles. The average Bonchev–Trinajstić information content (AvgIpc) is 3.03. The smallest absolute Gasteiger partial charge is 0.360 e. The van der Waals surface area contributed by atoms with Crippen molar-refractivity contribution in [3.8, 4) is 29.1 Å². The second kappa shape index (κ2) is 13.0. The van der Waals surface area contributed by atoms with E-state index >= 15 is 0 Å². The van der Waals surface area contributed by atoms with E-state index in [4.69, 9.17) is 18.9 Å². The van der Waals surface area contributed by atoms with E-state index in [0.29, 0.717) is 30.3 Å². The van der Waals surface area contributed by atoms with Crippen LogP contribution in [0.25, 0.3) is 0 Å². The van der Waals surface area contributed by atoms with Gasteiger partial charge in [0.05, 0.1) is 33.9 Å². The molecule has 0 saturated carbocycles. The van der Waals surface area contributed by atoms with Crippen LogP contribution >= 0.6 is 0 Å². The molecule has 4 aromatic rings. The van der Waals surface area contributed by atoms with Gasteiger partial charge in [-0.3, -0.25) is 4.90 Å². The molecule has 208 valence electrons. The van der Waals surface area contributed by atoms with Crippen LogP contribution in [0, 0.1) is 11.8 Å². The van der Waals surface area contributed by atoms with Gasteiger partial charge < -0.3 is 18.9 Å². The number of nitrogens with zero attached hydrogens (tertiary/aromatic N) is 2. The van der Waals surface area contributed by atoms with E-state index in [1.807, 2.05) is 48.5 Å². The second-order valence-corrected chi connectivity index (χ2v) is 9.55. The Bertz CT molecular complexity index is 1560. The number of rotatable bonds is 8. The van der Waals surface area contributed by atoms with Crippen molar-refractivity contribution in [3.63, 3.8) is 0 Å². The number of carbonyl (C=O) groups is 1. The first-order valence-electron chi connectivity index (χ1n) is 13.4. The van der Waals surface area contributed by atoms with E-state index in [0.717, 1.165) is 24.3 Å². The number of benzene rings is 3. The van der Waals surface area contributed by atoms with Crippen LogP contribution in [0.2, 0.25) is 0 Å². The fourth-order valence-corrected chi connectivity index (χ4v) is 5.04. The molecule has 1 atom stereocenters. The number of fused-ring (bicyclic) bond motifs is 1. The van der Waals surface area contributed by atoms with Crippen molar-refractivity contribution in [3.05, 3.63) is 119 Å². The molecule has 0 fully saturated rings. The molecule has 3 aromatic carbocycles. The second-order valence-electron chi connectivity index (χ2n) is 9.55. The van der Waals surface area contributed by atoms with Crippen LogP contribution < -0.4 is 14.2 Å². The largest absolute Gasteiger partial charge is 0.493 e. The minimum absolute atomic E-state index is 0.00130. The molecule has 0 spiro atoms. The molecule has 0 saturated heterocycles. The summed E-state index contributed by atoms with van der Waals surface area (Å²) in [6.45, 7) is 1.64. The van der Waals surface area contributed by atoms with Gasteiger partial charge in [-0.05, 0) is 58.9 Å². The molecule has 1 aliphatic rings. The molecule has 0 radical (unpaired) electrons. The summed E-state index contributed by atoms with van der Waals surface area (Å²) in [5, 5.41) is 0. The summed E-state index contributed by atoms with van der Waals surface area (Å²) in [6.07, 6.45) is 0.860. The average molecular weight is 549 g/mol. The lowest BCUT2D eigenvalue weighted by atomic mass is 9.87. The van der Waals surface area contributed by atoms with Crippen LogP contribution in [-0.2, 0) is 17.8 Å². The molecule has 1 aromatic heterocycles. The molecule has 0 N–H and O–H groups in total. The Morgan fingerprint density at radius 2 is 1.61 bits per heavy atom. The van der Waals surface area contributed by atoms with Gasteiger partial charge in [-0.25, -0.2) is 9.78 Å². The van der Waals surface area contributed by atoms with Crippen LogP contribution in [0.3, 0.4) is 0 Å². The quantitative estimate of drug-likeness (QED) is 0.214. The predicted octanol–water partition coefficient (Wildman–Crippen LogP) is 5.46. The van der Waals surface area contributed by atoms with E-state index in [2.05, 4.69) is 46.0 Å². The number of pyridine rings is 1. The molecule has 2 heterocycles. The van der Waals surface area contributed by atoms with Crippen molar-refractivity contribution in [1.29, 1.82) is 0 Å². The van der Waals surface area contributed by atoms with Crippen LogP contribution in [0.4, 0.5) is 0 Å². The van der Waals surface area contributed by atoms with Crippen LogP contribution in [-0.4, -0.2) is 50.3 Å². The van der Waals surface area contributed by atoms with Crippen LogP contribution in [0.15, 0.2) is 84.9 Å². The van der Waals surface area contributed by atoms with Gasteiger partial charge in [0.2, 0.25) is 0 Å². The van der Waals surface area contributed by atoms with Crippen molar-refractivity contribution in [1.82, 2.24) is 9.88 Å². The van der Waals surface area contributed by atoms with Gasteiger partial charge in [-0.1, -0.05) is 66.6 Å². The topological polar surface area (TPSA) is 70.1 Å². The zero-order valence-electron chi connectivity index (χ0n) is 23.4. The van der Waals surface area contributed by atoms with Gasteiger partial charge in [0.1, 0.15) is 12.3 Å². The Morgan fingerprint density at radius 3 is 2.32 bits per heavy atom. The van der Waals surface area contributed by atoms with E-state index in [-0.39, 0.29) is 11.7 Å². The number of esters is 1. The van der Waals surface area contributed by atoms with Gasteiger partial charge in [0.25, 0.3) is 0 Å². The highest BCUT2D eigenvalue weighted by Gasteiger charge is 2.30. The number of hydrogen-bond acceptors (Lipinski definition) is 7. The highest BCUT2D eigenvalue weighted by molar-refractivity contribution is 5.90. The number of carbonyl (C=O) groups excluding carboxylic acids is 1. The lowest BCUT2D eigenvalue weighted by molar-refractivity contribution is 0.0588. The van der Waals surface area contributed by atoms with E-state index in [9.17, 15) is 4.79 Å². The third kappa shape index (κ3) is 6.34. The number of ether oxygens (including phenoxy) is 4. The maximum absolute atomic E-state index is 12.5. The summed E-state index contributed by atoms with van der Waals surface area (Å²) in [7, 11) is 4.64. The van der Waals surface area contributed by atoms with Crippen molar-refractivity contribution in [2.45, 2.75) is 19.1 Å². The highest BCUT2D eigenvalue weighted by Crippen LogP contribution is 2.40. The summed E-state index contributed by atoms with van der Waals surface area (Å²) in [4.78, 5) is 19.3. The summed E-state index contributed by atoms with van der Waals surface area (Å²) < 4.78 is 22.0. The molecule has 0 bridgehead atoms. The first kappa shape index (κ1) is 27.8. The maximum Gasteiger partial charge on any atom is 0.360 e. The Labute approximate surface area is 240 Å². The minimum atomic E-state index is -0.571. The lowest BCUT2D eigenvalue weighted by Gasteiger charge is -2.37. The fourth-order valence-electron chi connectivity index (χ4n) is 5.04. The number of methoxy groups -OCH3 is 3. The molecule has 1 aliphatic heterocycles. The zero-order chi connectivity index (χ0) is 28.6. The Balaban J connectivity index is 1.40. The normalized spacial score (nSPS) is 14.3. The molecular weight excluding hydrogens is 516 g/mol. The summed E-state index contributed by atoms with van der Waals surface area (Å²) >= 11 is 0. The minimum Gasteiger partial charge on any atom is -0.493 e. The lowest BCUT2D eigenvalue weighted by Crippen LogP contribution is -2.36. The standard InChI is InChI=1S/C34H32N2O5/c1-38-30-21-26-18-20-36(33(25-13-8-5-9-14-25)28(26)22-31(30)39-2)19-10-15-27-16-17-29(32(35-27)34(37)40-3)41-23-24-11-6-4-7-12-24/h4-9,11-14,16-17,21-22,33H,18-20,23H2,1-3H3. The van der Waals surface area contributed by atoms with Gasteiger partial charge >= 0.3 is 5.97 Å². The molecule has 7 nitrogen and oxygen atoms in total. The summed E-state index contributed by atoms with van der Waals surface area (Å²) in [5.74, 6) is 7.63. The van der Waals surface area contributed by atoms with Crippen molar-refractivity contribution in [2.24, 2.45) is 0 Å². The zero-order valence-corrected chi connectivity index (χ0v) is 23.4. The van der Waals surface area contributed by atoms with E-state index < -0.39 is 5.97 Å². The van der Waals surface area contributed by atoms with E-state index in [1.165, 1.54) is 23.8 Å². The predicted molar refractivity (Wildman–Crippen MR) is 156 cm³/mol. The van der Waals surface area contributed by atoms with Gasteiger partial charge in [-0.2, -0.15) is 0 Å². The van der Waals surface area contributed by atoms with Gasteiger partial charge in [0, 0.05) is 6.54 Å². The molecule has 1 unspecified atom stereocenters. The number of hydrogen-bond donors (Lipinski definition) is 0. The monoisotopic (exact) mass is 548 g/mol. The van der Waals surface area contributed by atoms with Crippen LogP contribution in [0.5, 0.6) is 17.2 Å². The van der Waals surface area contributed by atoms with E-state index in [1.54, 1.807) is 26.4 Å². The third-order valence-corrected chi connectivity index (χ3v) is 7.06. The third-order valence-electron chi connectivity index (χ3n) is 7.06. The summed E-state index contributed by atoms with van der Waals surface area (Å²) in [5.41, 5.74) is 5.14. The van der Waals surface area contributed by atoms with Crippen molar-refractivity contribution >= 4 is 5.97 Å². The molecule has 0 amide bonds. The Morgan fingerprint density at radius 1 is 0.902 bits per heavy atom. The maximum atomic E-state index is 12.5. The van der Waals surface area contributed by atoms with Gasteiger partial charge in [-0.15, -0.1) is 0 Å². The first-order chi connectivity index (χ1) is 20.1. The van der Waals surface area contributed by atoms with Gasteiger partial charge in [0.15, 0.2) is 22.9 Å².